The van der Waals surface area contributed by atoms with Crippen LogP contribution in [0.2, 0.25) is 5.15 Å². The van der Waals surface area contributed by atoms with Crippen LogP contribution >= 0.6 is 27.5 Å². The van der Waals surface area contributed by atoms with Gasteiger partial charge in [0.15, 0.2) is 11.5 Å². The molecule has 2 heterocycles. The van der Waals surface area contributed by atoms with Crippen molar-refractivity contribution in [1.29, 1.82) is 0 Å². The lowest BCUT2D eigenvalue weighted by molar-refractivity contribution is 0.0540. The Labute approximate surface area is 159 Å². The first kappa shape index (κ1) is 17.9. The van der Waals surface area contributed by atoms with Gasteiger partial charge >= 0.3 is 6.09 Å². The molecule has 0 aliphatic heterocycles. The molecule has 1 aromatic carbocycles. The fraction of sp³-hybridized carbons (Fsp3) is 0.278. The van der Waals surface area contributed by atoms with Crippen molar-refractivity contribution in [3.05, 3.63) is 47.2 Å². The number of aromatic nitrogens is 3. The Morgan fingerprint density at radius 1 is 1.24 bits per heavy atom. The van der Waals surface area contributed by atoms with Gasteiger partial charge in [-0.15, -0.1) is 0 Å². The minimum Gasteiger partial charge on any atom is -0.443 e. The van der Waals surface area contributed by atoms with E-state index in [1.165, 1.54) is 4.57 Å². The number of fused-ring (bicyclic) bond motifs is 1. The van der Waals surface area contributed by atoms with E-state index >= 15 is 0 Å². The van der Waals surface area contributed by atoms with Crippen molar-refractivity contribution in [1.82, 2.24) is 14.5 Å². The fourth-order valence-electron chi connectivity index (χ4n) is 2.42. The summed E-state index contributed by atoms with van der Waals surface area (Å²) in [7, 11) is 0. The summed E-state index contributed by atoms with van der Waals surface area (Å²) in [6.07, 6.45) is -0.495. The van der Waals surface area contributed by atoms with E-state index in [0.29, 0.717) is 33.0 Å². The van der Waals surface area contributed by atoms with E-state index in [1.807, 2.05) is 51.1 Å². The highest BCUT2D eigenvalue weighted by atomic mass is 79.9. The minimum absolute atomic E-state index is 0.299. The van der Waals surface area contributed by atoms with Gasteiger partial charge in [0.2, 0.25) is 0 Å². The predicted octanol–water partition coefficient (Wildman–Crippen LogP) is 5.43. The van der Waals surface area contributed by atoms with E-state index in [0.717, 1.165) is 5.56 Å². The topological polar surface area (TPSA) is 57.0 Å². The Kier molecular flexibility index (Phi) is 4.84. The third-order valence-corrected chi connectivity index (χ3v) is 4.30. The maximum absolute atomic E-state index is 12.7. The number of hydrogen-bond acceptors (Lipinski definition) is 4. The highest BCUT2D eigenvalue weighted by Crippen LogP contribution is 2.29. The van der Waals surface area contributed by atoms with Crippen LogP contribution in [0.25, 0.3) is 22.4 Å². The van der Waals surface area contributed by atoms with Crippen molar-refractivity contribution < 1.29 is 9.53 Å². The number of hydrogen-bond donors (Lipinski definition) is 0. The maximum atomic E-state index is 12.7. The van der Waals surface area contributed by atoms with Gasteiger partial charge in [0.05, 0.1) is 5.39 Å². The smallest absolute Gasteiger partial charge is 0.420 e. The van der Waals surface area contributed by atoms with Crippen LogP contribution in [0.4, 0.5) is 4.79 Å². The number of ether oxygens (including phenoxy) is 1. The number of carbonyl (C=O) groups is 1. The van der Waals surface area contributed by atoms with Crippen LogP contribution in [0.3, 0.4) is 0 Å². The van der Waals surface area contributed by atoms with Gasteiger partial charge in [-0.2, -0.15) is 0 Å². The Balaban J connectivity index is 2.21. The van der Waals surface area contributed by atoms with Crippen LogP contribution in [0.1, 0.15) is 26.5 Å². The molecule has 0 radical (unpaired) electrons. The second kappa shape index (κ2) is 6.77. The van der Waals surface area contributed by atoms with Gasteiger partial charge in [0, 0.05) is 16.6 Å². The van der Waals surface area contributed by atoms with Gasteiger partial charge < -0.3 is 4.74 Å². The summed E-state index contributed by atoms with van der Waals surface area (Å²) in [5.41, 5.74) is 1.34. The van der Waals surface area contributed by atoms with Crippen molar-refractivity contribution in [2.24, 2.45) is 0 Å². The molecule has 0 saturated heterocycles. The highest BCUT2D eigenvalue weighted by molar-refractivity contribution is 9.08. The first-order valence-electron chi connectivity index (χ1n) is 7.73. The fourth-order valence-corrected chi connectivity index (χ4v) is 3.05. The van der Waals surface area contributed by atoms with Crippen molar-refractivity contribution in [2.75, 3.05) is 0 Å². The summed E-state index contributed by atoms with van der Waals surface area (Å²) in [6.45, 7) is 5.46. The van der Waals surface area contributed by atoms with Gasteiger partial charge in [-0.25, -0.2) is 19.3 Å². The van der Waals surface area contributed by atoms with Crippen LogP contribution in [-0.2, 0) is 10.1 Å². The lowest BCUT2D eigenvalue weighted by Crippen LogP contribution is -2.28. The molecule has 0 spiro atoms. The summed E-state index contributed by atoms with van der Waals surface area (Å²) >= 11 is 9.76. The number of rotatable bonds is 2. The van der Waals surface area contributed by atoms with Crippen molar-refractivity contribution in [3.63, 3.8) is 0 Å². The van der Waals surface area contributed by atoms with Gasteiger partial charge in [-0.1, -0.05) is 57.9 Å². The molecule has 25 heavy (non-hydrogen) atoms. The van der Waals surface area contributed by atoms with Crippen molar-refractivity contribution in [2.45, 2.75) is 31.7 Å². The molecule has 0 aliphatic rings. The van der Waals surface area contributed by atoms with E-state index in [1.54, 1.807) is 6.07 Å². The molecule has 0 saturated carbocycles. The van der Waals surface area contributed by atoms with Crippen LogP contribution in [0, 0.1) is 0 Å². The van der Waals surface area contributed by atoms with Crippen molar-refractivity contribution in [3.8, 4) is 11.4 Å². The van der Waals surface area contributed by atoms with Gasteiger partial charge in [-0.05, 0) is 26.8 Å². The highest BCUT2D eigenvalue weighted by Gasteiger charge is 2.24. The number of alkyl halides is 1. The first-order valence-corrected chi connectivity index (χ1v) is 9.22. The predicted molar refractivity (Wildman–Crippen MR) is 102 cm³/mol. The average Bonchev–Trinajstić information content (AvgIpc) is 2.93. The van der Waals surface area contributed by atoms with Crippen molar-refractivity contribution >= 4 is 44.7 Å². The molecule has 3 aromatic rings. The van der Waals surface area contributed by atoms with Crippen LogP contribution in [0.15, 0.2) is 36.4 Å². The Bertz CT molecular complexity index is 933. The molecular weight excluding hydrogens is 406 g/mol. The second-order valence-corrected chi connectivity index (χ2v) is 7.45. The molecule has 0 fully saturated rings. The molecule has 0 aliphatic carbocycles. The average molecular weight is 423 g/mol. The molecule has 0 N–H and O–H groups in total. The van der Waals surface area contributed by atoms with E-state index in [2.05, 4.69) is 25.9 Å². The molecule has 0 amide bonds. The first-order chi connectivity index (χ1) is 11.8. The van der Waals surface area contributed by atoms with Gasteiger partial charge in [0.1, 0.15) is 10.8 Å². The molecule has 0 unspecified atom stereocenters. The monoisotopic (exact) mass is 421 g/mol. The third-order valence-electron chi connectivity index (χ3n) is 3.43. The molecule has 3 rings (SSSR count). The zero-order chi connectivity index (χ0) is 18.2. The summed E-state index contributed by atoms with van der Waals surface area (Å²) < 4.78 is 6.96. The Hall–Kier alpha value is -1.92. The molecular formula is C18H17BrClN3O2. The third kappa shape index (κ3) is 3.70. The molecule has 130 valence electrons. The maximum Gasteiger partial charge on any atom is 0.420 e. The molecule has 2 aromatic heterocycles. The molecule has 0 atom stereocenters. The number of carbonyl (C=O) groups excluding carboxylic acids is 1. The normalized spacial score (nSPS) is 11.7. The van der Waals surface area contributed by atoms with E-state index in [4.69, 9.17) is 16.3 Å². The van der Waals surface area contributed by atoms with Crippen LogP contribution < -0.4 is 0 Å². The van der Waals surface area contributed by atoms with Gasteiger partial charge in [-0.3, -0.25) is 0 Å². The SMILES string of the molecule is CC(C)(C)OC(=O)n1c(CBr)cc2c(Cl)nc(-c3ccccc3)nc21. The molecule has 5 nitrogen and oxygen atoms in total. The summed E-state index contributed by atoms with van der Waals surface area (Å²) in [4.78, 5) is 21.6. The summed E-state index contributed by atoms with van der Waals surface area (Å²) in [6, 6.07) is 11.3. The molecule has 7 heteroatoms. The van der Waals surface area contributed by atoms with Gasteiger partial charge in [0.25, 0.3) is 0 Å². The summed E-state index contributed by atoms with van der Waals surface area (Å²) in [5, 5.41) is 1.37. The van der Waals surface area contributed by atoms with E-state index < -0.39 is 11.7 Å². The zero-order valence-corrected chi connectivity index (χ0v) is 16.4. The van der Waals surface area contributed by atoms with E-state index in [-0.39, 0.29) is 0 Å². The van der Waals surface area contributed by atoms with Crippen LogP contribution in [0.5, 0.6) is 0 Å². The van der Waals surface area contributed by atoms with E-state index in [9.17, 15) is 4.79 Å². The second-order valence-electron chi connectivity index (χ2n) is 6.53. The largest absolute Gasteiger partial charge is 0.443 e. The minimum atomic E-state index is -0.615. The Morgan fingerprint density at radius 3 is 2.52 bits per heavy atom. The zero-order valence-electron chi connectivity index (χ0n) is 14.1. The summed E-state index contributed by atoms with van der Waals surface area (Å²) in [5.74, 6) is 0.460. The Morgan fingerprint density at radius 2 is 1.92 bits per heavy atom. The number of nitrogens with zero attached hydrogens (tertiary/aromatic N) is 3. The quantitative estimate of drug-likeness (QED) is 0.408. The number of benzene rings is 1. The van der Waals surface area contributed by atoms with Crippen LogP contribution in [-0.4, -0.2) is 26.2 Å². The number of halogens is 2. The molecule has 0 bridgehead atoms. The lowest BCUT2D eigenvalue weighted by atomic mass is 10.2. The lowest BCUT2D eigenvalue weighted by Gasteiger charge is -2.20. The standard InChI is InChI=1S/C18H17BrClN3O2/c1-18(2,3)25-17(24)23-12(10-19)9-13-14(20)21-15(22-16(13)23)11-7-5-4-6-8-11/h4-9H,10H2,1-3H3.